The zero-order valence-corrected chi connectivity index (χ0v) is 18.8. The van der Waals surface area contributed by atoms with Crippen LogP contribution in [0.5, 0.6) is 11.5 Å². The summed E-state index contributed by atoms with van der Waals surface area (Å²) in [6.07, 6.45) is 3.90. The Morgan fingerprint density at radius 2 is 1.68 bits per heavy atom. The van der Waals surface area contributed by atoms with Gasteiger partial charge in [0.15, 0.2) is 9.84 Å². The number of hydrogen-bond donors (Lipinski definition) is 0. The topological polar surface area (TPSA) is 52.6 Å². The Bertz CT molecular complexity index is 1240. The van der Waals surface area contributed by atoms with E-state index in [1.807, 2.05) is 36.4 Å². The number of para-hydroxylation sites is 1. The molecule has 4 rings (SSSR count). The molecule has 0 aromatic heterocycles. The standard InChI is InChI=1S/C26H26O4S/c1-4-7-20-16-19(12-15-24(20)29-2)23-17-21-8-5-6-9-25(21)30-26(23)18-10-13-22(14-11-18)31(3,27)28/h5-6,8-16H,4,7,17H2,1-3H3. The van der Waals surface area contributed by atoms with Gasteiger partial charge in [-0.05, 0) is 65.6 Å². The van der Waals surface area contributed by atoms with Gasteiger partial charge < -0.3 is 9.47 Å². The molecule has 31 heavy (non-hydrogen) atoms. The molecule has 0 bridgehead atoms. The van der Waals surface area contributed by atoms with Crippen molar-refractivity contribution in [1.82, 2.24) is 0 Å². The number of rotatable bonds is 6. The largest absolute Gasteiger partial charge is 0.496 e. The summed E-state index contributed by atoms with van der Waals surface area (Å²) in [4.78, 5) is 0.296. The first kappa shape index (κ1) is 21.2. The third kappa shape index (κ3) is 4.37. The summed E-state index contributed by atoms with van der Waals surface area (Å²) in [5.74, 6) is 2.48. The first-order valence-corrected chi connectivity index (χ1v) is 12.3. The highest BCUT2D eigenvalue weighted by atomic mass is 32.2. The number of hydrogen-bond acceptors (Lipinski definition) is 4. The van der Waals surface area contributed by atoms with E-state index in [-0.39, 0.29) is 0 Å². The van der Waals surface area contributed by atoms with Crippen molar-refractivity contribution in [3.8, 4) is 11.5 Å². The molecule has 0 saturated heterocycles. The molecule has 0 radical (unpaired) electrons. The van der Waals surface area contributed by atoms with Crippen molar-refractivity contribution in [2.24, 2.45) is 0 Å². The van der Waals surface area contributed by atoms with E-state index in [9.17, 15) is 8.42 Å². The fourth-order valence-corrected chi connectivity index (χ4v) is 4.57. The molecule has 0 N–H and O–H groups in total. The predicted octanol–water partition coefficient (Wildman–Crippen LogP) is 5.55. The van der Waals surface area contributed by atoms with Crippen LogP contribution in [-0.2, 0) is 22.7 Å². The lowest BCUT2D eigenvalue weighted by molar-refractivity contribution is 0.409. The summed E-state index contributed by atoms with van der Waals surface area (Å²) in [6, 6.07) is 21.2. The molecule has 0 aliphatic carbocycles. The minimum absolute atomic E-state index is 0.296. The van der Waals surface area contributed by atoms with Gasteiger partial charge in [-0.1, -0.05) is 37.6 Å². The van der Waals surface area contributed by atoms with Gasteiger partial charge in [-0.2, -0.15) is 0 Å². The number of allylic oxidation sites excluding steroid dienone is 1. The molecule has 5 heteroatoms. The minimum Gasteiger partial charge on any atom is -0.496 e. The Morgan fingerprint density at radius 3 is 2.35 bits per heavy atom. The highest BCUT2D eigenvalue weighted by Crippen LogP contribution is 2.40. The van der Waals surface area contributed by atoms with E-state index in [2.05, 4.69) is 25.1 Å². The van der Waals surface area contributed by atoms with Crippen molar-refractivity contribution in [3.63, 3.8) is 0 Å². The summed E-state index contributed by atoms with van der Waals surface area (Å²) >= 11 is 0. The van der Waals surface area contributed by atoms with E-state index in [0.29, 0.717) is 4.90 Å². The van der Waals surface area contributed by atoms with E-state index in [4.69, 9.17) is 9.47 Å². The molecular formula is C26H26O4S. The Kier molecular flexibility index (Phi) is 5.88. The maximum absolute atomic E-state index is 11.9. The van der Waals surface area contributed by atoms with Crippen LogP contribution in [0, 0.1) is 0 Å². The van der Waals surface area contributed by atoms with Gasteiger partial charge >= 0.3 is 0 Å². The normalized spacial score (nSPS) is 13.5. The summed E-state index contributed by atoms with van der Waals surface area (Å²) in [6.45, 7) is 2.15. The molecule has 160 valence electrons. The minimum atomic E-state index is -3.26. The van der Waals surface area contributed by atoms with Crippen LogP contribution < -0.4 is 9.47 Å². The monoisotopic (exact) mass is 434 g/mol. The highest BCUT2D eigenvalue weighted by Gasteiger charge is 2.23. The second kappa shape index (κ2) is 8.60. The molecule has 4 nitrogen and oxygen atoms in total. The van der Waals surface area contributed by atoms with Crippen molar-refractivity contribution in [3.05, 3.63) is 89.0 Å². The average Bonchev–Trinajstić information content (AvgIpc) is 2.78. The van der Waals surface area contributed by atoms with Crippen LogP contribution in [-0.4, -0.2) is 21.8 Å². The zero-order chi connectivity index (χ0) is 22.0. The molecule has 3 aromatic carbocycles. The van der Waals surface area contributed by atoms with Crippen LogP contribution in [0.25, 0.3) is 11.3 Å². The Hall–Kier alpha value is -3.05. The van der Waals surface area contributed by atoms with Gasteiger partial charge in [0.2, 0.25) is 0 Å². The molecular weight excluding hydrogens is 408 g/mol. The van der Waals surface area contributed by atoms with E-state index in [0.717, 1.165) is 58.8 Å². The molecule has 0 spiro atoms. The lowest BCUT2D eigenvalue weighted by Gasteiger charge is -2.25. The van der Waals surface area contributed by atoms with Gasteiger partial charge in [-0.25, -0.2) is 8.42 Å². The third-order valence-corrected chi connectivity index (χ3v) is 6.65. The number of methoxy groups -OCH3 is 1. The number of benzene rings is 3. The van der Waals surface area contributed by atoms with E-state index in [1.165, 1.54) is 11.8 Å². The van der Waals surface area contributed by atoms with Crippen LogP contribution in [0.15, 0.2) is 71.6 Å². The third-order valence-electron chi connectivity index (χ3n) is 5.52. The molecule has 1 heterocycles. The fraction of sp³-hybridized carbons (Fsp3) is 0.231. The number of sulfone groups is 1. The van der Waals surface area contributed by atoms with Crippen molar-refractivity contribution in [1.29, 1.82) is 0 Å². The molecule has 0 atom stereocenters. The maximum atomic E-state index is 11.9. The van der Waals surface area contributed by atoms with E-state index >= 15 is 0 Å². The van der Waals surface area contributed by atoms with Crippen LogP contribution >= 0.6 is 0 Å². The van der Waals surface area contributed by atoms with Gasteiger partial charge in [0.1, 0.15) is 17.3 Å². The van der Waals surface area contributed by atoms with Crippen LogP contribution in [0.1, 0.15) is 35.6 Å². The second-order valence-corrected chi connectivity index (χ2v) is 9.78. The van der Waals surface area contributed by atoms with Crippen molar-refractivity contribution >= 4 is 21.2 Å². The van der Waals surface area contributed by atoms with Crippen LogP contribution in [0.4, 0.5) is 0 Å². The molecule has 1 aliphatic rings. The molecule has 0 fully saturated rings. The molecule has 0 amide bonds. The summed E-state index contributed by atoms with van der Waals surface area (Å²) < 4.78 is 35.7. The Morgan fingerprint density at radius 1 is 0.968 bits per heavy atom. The smallest absolute Gasteiger partial charge is 0.175 e. The van der Waals surface area contributed by atoms with Gasteiger partial charge in [-0.3, -0.25) is 0 Å². The lowest BCUT2D eigenvalue weighted by atomic mass is 9.90. The van der Waals surface area contributed by atoms with E-state index in [1.54, 1.807) is 19.2 Å². The zero-order valence-electron chi connectivity index (χ0n) is 18.0. The fourth-order valence-electron chi connectivity index (χ4n) is 3.94. The van der Waals surface area contributed by atoms with Crippen molar-refractivity contribution in [2.75, 3.05) is 13.4 Å². The SMILES string of the molecule is CCCc1cc(C2=C(c3ccc(S(C)(=O)=O)cc3)Oc3ccccc3C2)ccc1OC. The summed E-state index contributed by atoms with van der Waals surface area (Å²) in [7, 11) is -1.56. The Labute approximate surface area is 184 Å². The first-order chi connectivity index (χ1) is 14.9. The van der Waals surface area contributed by atoms with Crippen LogP contribution in [0.3, 0.4) is 0 Å². The second-order valence-electron chi connectivity index (χ2n) is 7.77. The first-order valence-electron chi connectivity index (χ1n) is 10.4. The summed E-state index contributed by atoms with van der Waals surface area (Å²) in [5, 5.41) is 0. The number of fused-ring (bicyclic) bond motifs is 1. The lowest BCUT2D eigenvalue weighted by Crippen LogP contribution is -2.10. The number of ether oxygens (including phenoxy) is 2. The quantitative estimate of drug-likeness (QED) is 0.510. The predicted molar refractivity (Wildman–Crippen MR) is 124 cm³/mol. The number of aryl methyl sites for hydroxylation is 1. The molecule has 1 aliphatic heterocycles. The van der Waals surface area contributed by atoms with Crippen LogP contribution in [0.2, 0.25) is 0 Å². The van der Waals surface area contributed by atoms with Crippen molar-refractivity contribution in [2.45, 2.75) is 31.1 Å². The highest BCUT2D eigenvalue weighted by molar-refractivity contribution is 7.90. The van der Waals surface area contributed by atoms with Gasteiger partial charge in [0.05, 0.1) is 12.0 Å². The Balaban J connectivity index is 1.86. The summed E-state index contributed by atoms with van der Waals surface area (Å²) in [5.41, 5.74) is 5.30. The van der Waals surface area contributed by atoms with Gasteiger partial charge in [0, 0.05) is 23.8 Å². The van der Waals surface area contributed by atoms with Gasteiger partial charge in [-0.15, -0.1) is 0 Å². The maximum Gasteiger partial charge on any atom is 0.175 e. The molecule has 3 aromatic rings. The average molecular weight is 435 g/mol. The van der Waals surface area contributed by atoms with Gasteiger partial charge in [0.25, 0.3) is 0 Å². The molecule has 0 saturated carbocycles. The molecule has 0 unspecified atom stereocenters. The van der Waals surface area contributed by atoms with E-state index < -0.39 is 9.84 Å². The van der Waals surface area contributed by atoms with Crippen molar-refractivity contribution < 1.29 is 17.9 Å².